The zero-order valence-electron chi connectivity index (χ0n) is 17.6. The molecule has 1 aliphatic heterocycles. The SMILES string of the molecule is Nc1nc2c(c(-c3c(Cl)cc(Cl)cc3OCC=C(F)C(F)(F)F)n1)CN(C(=O)NC1CCC1)C2. The Hall–Kier alpha value is -2.79. The third-order valence-electron chi connectivity index (χ3n) is 5.55. The number of rotatable bonds is 5. The van der Waals surface area contributed by atoms with Crippen molar-refractivity contribution in [3.63, 3.8) is 0 Å². The number of hydrogen-bond acceptors (Lipinski definition) is 5. The van der Waals surface area contributed by atoms with E-state index in [0.717, 1.165) is 19.3 Å². The van der Waals surface area contributed by atoms with Crippen LogP contribution < -0.4 is 15.8 Å². The topological polar surface area (TPSA) is 93.4 Å². The van der Waals surface area contributed by atoms with Crippen molar-refractivity contribution in [2.24, 2.45) is 0 Å². The smallest absolute Gasteiger partial charge is 0.442 e. The lowest BCUT2D eigenvalue weighted by Crippen LogP contribution is -2.45. The molecule has 0 radical (unpaired) electrons. The molecular weight excluding hydrogens is 501 g/mol. The molecule has 2 aromatic rings. The van der Waals surface area contributed by atoms with Crippen molar-refractivity contribution in [3.05, 3.63) is 45.3 Å². The molecule has 1 fully saturated rings. The van der Waals surface area contributed by atoms with Gasteiger partial charge in [-0.3, -0.25) is 0 Å². The first-order valence-electron chi connectivity index (χ1n) is 10.3. The Morgan fingerprint density at radius 3 is 2.65 bits per heavy atom. The van der Waals surface area contributed by atoms with Gasteiger partial charge in [0.1, 0.15) is 12.4 Å². The van der Waals surface area contributed by atoms with Gasteiger partial charge in [0.25, 0.3) is 0 Å². The van der Waals surface area contributed by atoms with Gasteiger partial charge in [-0.1, -0.05) is 23.2 Å². The molecule has 4 rings (SSSR count). The van der Waals surface area contributed by atoms with Crippen LogP contribution in [0.5, 0.6) is 5.75 Å². The fraction of sp³-hybridized carbons (Fsp3) is 0.381. The van der Waals surface area contributed by atoms with Crippen LogP contribution in [0.2, 0.25) is 10.0 Å². The lowest BCUT2D eigenvalue weighted by Gasteiger charge is -2.28. The summed E-state index contributed by atoms with van der Waals surface area (Å²) in [7, 11) is 0. The van der Waals surface area contributed by atoms with Crippen LogP contribution in [0, 0.1) is 0 Å². The number of nitrogen functional groups attached to an aromatic ring is 1. The summed E-state index contributed by atoms with van der Waals surface area (Å²) in [6, 6.07) is 2.61. The lowest BCUT2D eigenvalue weighted by atomic mass is 9.93. The number of aromatic nitrogens is 2. The van der Waals surface area contributed by atoms with Crippen molar-refractivity contribution in [2.75, 3.05) is 12.3 Å². The Bertz CT molecular complexity index is 1150. The molecule has 182 valence electrons. The summed E-state index contributed by atoms with van der Waals surface area (Å²) in [4.78, 5) is 22.7. The van der Waals surface area contributed by atoms with Crippen LogP contribution in [-0.2, 0) is 13.1 Å². The van der Waals surface area contributed by atoms with Crippen LogP contribution in [-0.4, -0.2) is 39.7 Å². The van der Waals surface area contributed by atoms with Gasteiger partial charge in [-0.25, -0.2) is 19.2 Å². The minimum atomic E-state index is -5.12. The maximum absolute atomic E-state index is 13.2. The first kappa shape index (κ1) is 24.3. The second kappa shape index (κ2) is 9.46. The molecule has 7 nitrogen and oxygen atoms in total. The monoisotopic (exact) mass is 519 g/mol. The van der Waals surface area contributed by atoms with E-state index in [9.17, 15) is 22.4 Å². The fourth-order valence-corrected chi connectivity index (χ4v) is 4.22. The lowest BCUT2D eigenvalue weighted by molar-refractivity contribution is -0.109. The van der Waals surface area contributed by atoms with Gasteiger partial charge in [0.2, 0.25) is 11.8 Å². The summed E-state index contributed by atoms with van der Waals surface area (Å²) >= 11 is 12.5. The molecule has 1 saturated carbocycles. The molecule has 2 aliphatic rings. The highest BCUT2D eigenvalue weighted by atomic mass is 35.5. The standard InChI is InChI=1S/C21H19Cl2F4N5O2/c22-10-6-13(23)17(15(7-10)34-5-4-16(24)21(25,26)27)18-12-8-32(9-14(12)30-19(28)31-18)20(33)29-11-2-1-3-11/h4,6-7,11H,1-3,5,8-9H2,(H,29,33)(H2,28,30,31). The van der Waals surface area contributed by atoms with Crippen molar-refractivity contribution in [2.45, 2.75) is 44.6 Å². The van der Waals surface area contributed by atoms with E-state index in [0.29, 0.717) is 11.3 Å². The third kappa shape index (κ3) is 5.15. The highest BCUT2D eigenvalue weighted by Crippen LogP contribution is 2.42. The fourth-order valence-electron chi connectivity index (χ4n) is 3.66. The maximum atomic E-state index is 13.2. The molecule has 0 saturated heterocycles. The van der Waals surface area contributed by atoms with Crippen molar-refractivity contribution < 1.29 is 27.1 Å². The maximum Gasteiger partial charge on any atom is 0.442 e. The summed E-state index contributed by atoms with van der Waals surface area (Å²) in [6.07, 6.45) is -1.95. The number of halogens is 6. The molecule has 1 aliphatic carbocycles. The Morgan fingerprint density at radius 2 is 2.00 bits per heavy atom. The van der Waals surface area contributed by atoms with Crippen molar-refractivity contribution >= 4 is 35.2 Å². The van der Waals surface area contributed by atoms with Crippen molar-refractivity contribution in [1.29, 1.82) is 0 Å². The Kier molecular flexibility index (Phi) is 6.77. The molecule has 2 amide bonds. The molecule has 0 unspecified atom stereocenters. The number of urea groups is 1. The van der Waals surface area contributed by atoms with Gasteiger partial charge >= 0.3 is 12.2 Å². The van der Waals surface area contributed by atoms with E-state index in [4.69, 9.17) is 33.7 Å². The van der Waals surface area contributed by atoms with Crippen LogP contribution in [0.25, 0.3) is 11.3 Å². The van der Waals surface area contributed by atoms with E-state index in [1.54, 1.807) is 4.90 Å². The van der Waals surface area contributed by atoms with Gasteiger partial charge in [-0.2, -0.15) is 13.2 Å². The highest BCUT2D eigenvalue weighted by molar-refractivity contribution is 6.37. The molecule has 34 heavy (non-hydrogen) atoms. The van der Waals surface area contributed by atoms with Crippen molar-refractivity contribution in [1.82, 2.24) is 20.2 Å². The number of ether oxygens (including phenoxy) is 1. The van der Waals surface area contributed by atoms with Crippen LogP contribution in [0.4, 0.5) is 28.3 Å². The summed E-state index contributed by atoms with van der Waals surface area (Å²) in [5, 5.41) is 3.18. The largest absolute Gasteiger partial charge is 0.489 e. The average Bonchev–Trinajstić information content (AvgIpc) is 3.13. The predicted molar refractivity (Wildman–Crippen MR) is 118 cm³/mol. The minimum absolute atomic E-state index is 0.0265. The minimum Gasteiger partial charge on any atom is -0.489 e. The number of carbonyl (C=O) groups is 1. The molecule has 2 heterocycles. The second-order valence-corrected chi connectivity index (χ2v) is 8.75. The normalized spacial score (nSPS) is 16.3. The van der Waals surface area contributed by atoms with Gasteiger partial charge in [0.15, 0.2) is 0 Å². The van der Waals surface area contributed by atoms with Gasteiger partial charge in [0.05, 0.1) is 35.1 Å². The molecule has 0 atom stereocenters. The van der Waals surface area contributed by atoms with E-state index in [1.807, 2.05) is 0 Å². The molecule has 13 heteroatoms. The third-order valence-corrected chi connectivity index (χ3v) is 6.06. The number of nitrogens with zero attached hydrogens (tertiary/aromatic N) is 3. The molecule has 3 N–H and O–H groups in total. The number of anilines is 1. The van der Waals surface area contributed by atoms with E-state index in [1.165, 1.54) is 12.1 Å². The van der Waals surface area contributed by atoms with E-state index < -0.39 is 18.6 Å². The number of amides is 2. The van der Waals surface area contributed by atoms with Gasteiger partial charge in [0, 0.05) is 16.6 Å². The van der Waals surface area contributed by atoms with Gasteiger partial charge in [-0.15, -0.1) is 0 Å². The summed E-state index contributed by atoms with van der Waals surface area (Å²) < 4.78 is 55.9. The van der Waals surface area contributed by atoms with Gasteiger partial charge < -0.3 is 20.7 Å². The van der Waals surface area contributed by atoms with Crippen LogP contribution in [0.3, 0.4) is 0 Å². The Morgan fingerprint density at radius 1 is 1.26 bits per heavy atom. The number of benzene rings is 1. The van der Waals surface area contributed by atoms with Crippen LogP contribution in [0.1, 0.15) is 30.5 Å². The first-order chi connectivity index (χ1) is 16.0. The van der Waals surface area contributed by atoms with Gasteiger partial charge in [-0.05, 0) is 37.5 Å². The van der Waals surface area contributed by atoms with E-state index in [-0.39, 0.29) is 64.2 Å². The van der Waals surface area contributed by atoms with Crippen LogP contribution >= 0.6 is 23.2 Å². The predicted octanol–water partition coefficient (Wildman–Crippen LogP) is 5.40. The second-order valence-electron chi connectivity index (χ2n) is 7.91. The Labute approximate surface area is 201 Å². The molecule has 0 bridgehead atoms. The highest BCUT2D eigenvalue weighted by Gasteiger charge is 2.35. The number of carbonyl (C=O) groups excluding carboxylic acids is 1. The van der Waals surface area contributed by atoms with Crippen LogP contribution in [0.15, 0.2) is 24.0 Å². The number of fused-ring (bicyclic) bond motifs is 1. The Balaban J connectivity index is 1.66. The number of allylic oxidation sites excluding steroid dienone is 1. The quantitative estimate of drug-likeness (QED) is 0.515. The first-order valence-corrected chi connectivity index (χ1v) is 11.0. The van der Waals surface area contributed by atoms with E-state index in [2.05, 4.69) is 15.3 Å². The summed E-state index contributed by atoms with van der Waals surface area (Å²) in [5.41, 5.74) is 7.39. The summed E-state index contributed by atoms with van der Waals surface area (Å²) in [5.74, 6) is -2.40. The van der Waals surface area contributed by atoms with E-state index >= 15 is 0 Å². The molecular formula is C21H19Cl2F4N5O2. The molecule has 0 spiro atoms. The summed E-state index contributed by atoms with van der Waals surface area (Å²) in [6.45, 7) is -0.396. The zero-order valence-corrected chi connectivity index (χ0v) is 19.1. The van der Waals surface area contributed by atoms with Crippen molar-refractivity contribution in [3.8, 4) is 17.0 Å². The molecule has 1 aromatic heterocycles. The average molecular weight is 520 g/mol. The number of nitrogens with one attached hydrogen (secondary N) is 1. The zero-order chi connectivity index (χ0) is 24.6. The number of alkyl halides is 3. The number of hydrogen-bond donors (Lipinski definition) is 2. The number of nitrogens with two attached hydrogens (primary N) is 1. The molecule has 1 aromatic carbocycles.